The Morgan fingerprint density at radius 1 is 1.00 bits per heavy atom. The molecule has 116 valence electrons. The quantitative estimate of drug-likeness (QED) is 0.816. The van der Waals surface area contributed by atoms with Crippen molar-refractivity contribution in [2.75, 3.05) is 0 Å². The number of nitrogens with one attached hydrogen (secondary N) is 1. The summed E-state index contributed by atoms with van der Waals surface area (Å²) in [6, 6.07) is -0.00316. The van der Waals surface area contributed by atoms with Gasteiger partial charge in [-0.05, 0) is 49.9 Å². The molecule has 0 unspecified atom stereocenters. The van der Waals surface area contributed by atoms with Crippen LogP contribution in [0.25, 0.3) is 0 Å². The second kappa shape index (κ2) is 6.46. The normalized spacial score (nSPS) is 35.6. The Balaban J connectivity index is 1.80. The fourth-order valence-corrected chi connectivity index (χ4v) is 3.80. The molecule has 0 spiro atoms. The van der Waals surface area contributed by atoms with Crippen LogP contribution in [0, 0.1) is 17.3 Å². The van der Waals surface area contributed by atoms with Crippen LogP contribution in [0.3, 0.4) is 0 Å². The van der Waals surface area contributed by atoms with Crippen molar-refractivity contribution in [1.29, 1.82) is 0 Å². The zero-order valence-corrected chi connectivity index (χ0v) is 13.3. The van der Waals surface area contributed by atoms with Crippen LogP contribution in [0.4, 0.5) is 0 Å². The van der Waals surface area contributed by atoms with Crippen LogP contribution in [-0.2, 0) is 4.79 Å². The maximum Gasteiger partial charge on any atom is 0.223 e. The van der Waals surface area contributed by atoms with Crippen molar-refractivity contribution in [3.05, 3.63) is 0 Å². The molecule has 20 heavy (non-hydrogen) atoms. The predicted octanol–water partition coefficient (Wildman–Crippen LogP) is 3.26. The molecule has 0 aromatic rings. The van der Waals surface area contributed by atoms with Crippen LogP contribution in [0.2, 0.25) is 0 Å². The molecule has 0 radical (unpaired) electrons. The van der Waals surface area contributed by atoms with Crippen molar-refractivity contribution in [3.8, 4) is 0 Å². The van der Waals surface area contributed by atoms with Crippen molar-refractivity contribution in [2.45, 2.75) is 84.3 Å². The van der Waals surface area contributed by atoms with Gasteiger partial charge in [0.05, 0.1) is 12.1 Å². The summed E-state index contributed by atoms with van der Waals surface area (Å²) in [6.45, 7) is 6.91. The second-order valence-electron chi connectivity index (χ2n) is 7.88. The van der Waals surface area contributed by atoms with Crippen molar-refractivity contribution >= 4 is 5.91 Å². The Labute approximate surface area is 123 Å². The summed E-state index contributed by atoms with van der Waals surface area (Å²) in [6.07, 6.45) is 7.99. The lowest BCUT2D eigenvalue weighted by Crippen LogP contribution is -2.47. The summed E-state index contributed by atoms with van der Waals surface area (Å²) in [7, 11) is 0. The molecule has 0 saturated heterocycles. The summed E-state index contributed by atoms with van der Waals surface area (Å²) in [5, 5.41) is 13.1. The summed E-state index contributed by atoms with van der Waals surface area (Å²) in [5.74, 6) is 1.10. The molecular formula is C17H31NO2. The molecule has 0 heterocycles. The smallest absolute Gasteiger partial charge is 0.223 e. The monoisotopic (exact) mass is 281 g/mol. The fraction of sp³-hybridized carbons (Fsp3) is 0.941. The van der Waals surface area contributed by atoms with E-state index in [0.717, 1.165) is 57.3 Å². The third kappa shape index (κ3) is 3.97. The van der Waals surface area contributed by atoms with Crippen molar-refractivity contribution < 1.29 is 9.90 Å². The highest BCUT2D eigenvalue weighted by molar-refractivity contribution is 5.79. The third-order valence-electron chi connectivity index (χ3n) is 5.38. The molecule has 1 amide bonds. The van der Waals surface area contributed by atoms with Gasteiger partial charge in [0.1, 0.15) is 0 Å². The van der Waals surface area contributed by atoms with Gasteiger partial charge in [-0.15, -0.1) is 0 Å². The van der Waals surface area contributed by atoms with Gasteiger partial charge in [0.15, 0.2) is 0 Å². The van der Waals surface area contributed by atoms with Gasteiger partial charge in [0.2, 0.25) is 5.91 Å². The average molecular weight is 281 g/mol. The molecule has 0 aliphatic heterocycles. The minimum absolute atomic E-state index is 0.00316. The Kier molecular flexibility index (Phi) is 5.11. The molecule has 2 fully saturated rings. The molecule has 2 rings (SSSR count). The van der Waals surface area contributed by atoms with Crippen molar-refractivity contribution in [1.82, 2.24) is 5.32 Å². The average Bonchev–Trinajstić information content (AvgIpc) is 2.40. The number of aliphatic hydroxyl groups excluding tert-OH is 1. The molecule has 2 N–H and O–H groups in total. The van der Waals surface area contributed by atoms with Crippen molar-refractivity contribution in [3.63, 3.8) is 0 Å². The number of hydrogen-bond acceptors (Lipinski definition) is 2. The second-order valence-corrected chi connectivity index (χ2v) is 7.88. The van der Waals surface area contributed by atoms with E-state index in [1.807, 2.05) is 0 Å². The predicted molar refractivity (Wildman–Crippen MR) is 81.3 cm³/mol. The van der Waals surface area contributed by atoms with Gasteiger partial charge >= 0.3 is 0 Å². The van der Waals surface area contributed by atoms with E-state index < -0.39 is 0 Å². The van der Waals surface area contributed by atoms with Crippen LogP contribution in [0.15, 0.2) is 0 Å². The molecule has 2 aliphatic rings. The molecule has 2 aliphatic carbocycles. The van der Waals surface area contributed by atoms with E-state index in [9.17, 15) is 9.90 Å². The molecular weight excluding hydrogens is 250 g/mol. The van der Waals surface area contributed by atoms with Gasteiger partial charge in [-0.1, -0.05) is 33.6 Å². The summed E-state index contributed by atoms with van der Waals surface area (Å²) >= 11 is 0. The number of carbonyl (C=O) groups excluding carboxylic acids is 1. The molecule has 2 saturated carbocycles. The lowest BCUT2D eigenvalue weighted by atomic mass is 9.69. The molecule has 0 bridgehead atoms. The summed E-state index contributed by atoms with van der Waals surface area (Å²) in [5.41, 5.74) is 0.362. The Morgan fingerprint density at radius 3 is 2.15 bits per heavy atom. The van der Waals surface area contributed by atoms with Gasteiger partial charge in [0, 0.05) is 5.92 Å². The van der Waals surface area contributed by atoms with Crippen LogP contribution in [-0.4, -0.2) is 23.2 Å². The highest BCUT2D eigenvalue weighted by Gasteiger charge is 2.33. The Hall–Kier alpha value is -0.570. The lowest BCUT2D eigenvalue weighted by Gasteiger charge is -2.37. The van der Waals surface area contributed by atoms with Crippen LogP contribution in [0.1, 0.15) is 72.1 Å². The lowest BCUT2D eigenvalue weighted by molar-refractivity contribution is -0.128. The van der Waals surface area contributed by atoms with Crippen LogP contribution < -0.4 is 5.32 Å². The fourth-order valence-electron chi connectivity index (χ4n) is 3.80. The molecule has 0 aromatic carbocycles. The third-order valence-corrected chi connectivity index (χ3v) is 5.38. The molecule has 3 heteroatoms. The van der Waals surface area contributed by atoms with Gasteiger partial charge in [-0.25, -0.2) is 0 Å². The molecule has 0 aromatic heterocycles. The van der Waals surface area contributed by atoms with E-state index in [-0.39, 0.29) is 24.0 Å². The maximum atomic E-state index is 12.3. The first-order chi connectivity index (χ1) is 9.38. The molecule has 3 nitrogen and oxygen atoms in total. The van der Waals surface area contributed by atoms with Crippen molar-refractivity contribution in [2.24, 2.45) is 17.3 Å². The van der Waals surface area contributed by atoms with E-state index in [1.54, 1.807) is 0 Å². The summed E-state index contributed by atoms with van der Waals surface area (Å²) < 4.78 is 0. The van der Waals surface area contributed by atoms with E-state index in [2.05, 4.69) is 26.1 Å². The van der Waals surface area contributed by atoms with E-state index in [1.165, 1.54) is 0 Å². The minimum atomic E-state index is -0.335. The zero-order valence-electron chi connectivity index (χ0n) is 13.3. The van der Waals surface area contributed by atoms with E-state index in [4.69, 9.17) is 0 Å². The first-order valence-electron chi connectivity index (χ1n) is 8.36. The number of rotatable bonds is 2. The van der Waals surface area contributed by atoms with Crippen LogP contribution >= 0.6 is 0 Å². The summed E-state index contributed by atoms with van der Waals surface area (Å²) in [4.78, 5) is 12.3. The molecule has 2 atom stereocenters. The SMILES string of the molecule is CC(C)(C)C1CCC(C(=O)N[C@H]2CCCC[C@@H]2O)CC1. The number of hydrogen-bond donors (Lipinski definition) is 2. The van der Waals surface area contributed by atoms with Gasteiger partial charge in [0.25, 0.3) is 0 Å². The number of carbonyl (C=O) groups is 1. The van der Waals surface area contributed by atoms with Gasteiger partial charge in [-0.3, -0.25) is 4.79 Å². The largest absolute Gasteiger partial charge is 0.391 e. The first-order valence-corrected chi connectivity index (χ1v) is 8.36. The standard InChI is InChI=1S/C17H31NO2/c1-17(2,3)13-10-8-12(9-11-13)16(20)18-14-6-4-5-7-15(14)19/h12-15,19H,4-11H2,1-3H3,(H,18,20)/t12?,13?,14-,15-/m0/s1. The highest BCUT2D eigenvalue weighted by atomic mass is 16.3. The first kappa shape index (κ1) is 15.8. The zero-order chi connectivity index (χ0) is 14.8. The van der Waals surface area contributed by atoms with E-state index in [0.29, 0.717) is 5.41 Å². The number of amides is 1. The highest BCUT2D eigenvalue weighted by Crippen LogP contribution is 2.39. The van der Waals surface area contributed by atoms with Gasteiger partial charge in [-0.2, -0.15) is 0 Å². The van der Waals surface area contributed by atoms with E-state index >= 15 is 0 Å². The Bertz CT molecular complexity index is 326. The topological polar surface area (TPSA) is 49.3 Å². The Morgan fingerprint density at radius 2 is 1.60 bits per heavy atom. The van der Waals surface area contributed by atoms with Crippen LogP contribution in [0.5, 0.6) is 0 Å². The number of aliphatic hydroxyl groups is 1. The maximum absolute atomic E-state index is 12.3. The van der Waals surface area contributed by atoms with Gasteiger partial charge < -0.3 is 10.4 Å². The minimum Gasteiger partial charge on any atom is -0.391 e.